The van der Waals surface area contributed by atoms with Crippen molar-refractivity contribution in [3.05, 3.63) is 52.3 Å². The van der Waals surface area contributed by atoms with Crippen LogP contribution in [0.1, 0.15) is 36.6 Å². The SMILES string of the molecule is CCCCn1nccc1Cc1ccc(Cl)cc1CO. The van der Waals surface area contributed by atoms with E-state index in [1.165, 1.54) is 5.69 Å². The largest absolute Gasteiger partial charge is 0.392 e. The number of hydrogen-bond donors (Lipinski definition) is 1. The van der Waals surface area contributed by atoms with E-state index in [0.717, 1.165) is 36.9 Å². The van der Waals surface area contributed by atoms with Crippen LogP contribution in [0.4, 0.5) is 0 Å². The van der Waals surface area contributed by atoms with E-state index in [1.807, 2.05) is 35.1 Å². The summed E-state index contributed by atoms with van der Waals surface area (Å²) >= 11 is 5.95. The number of aliphatic hydroxyl groups excluding tert-OH is 1. The molecule has 2 rings (SSSR count). The first-order valence-corrected chi connectivity index (χ1v) is 7.01. The third-order valence-corrected chi connectivity index (χ3v) is 3.47. The summed E-state index contributed by atoms with van der Waals surface area (Å²) in [6, 6.07) is 7.70. The van der Waals surface area contributed by atoms with Gasteiger partial charge in [0.25, 0.3) is 0 Å². The van der Waals surface area contributed by atoms with Gasteiger partial charge in [0.15, 0.2) is 0 Å². The van der Waals surface area contributed by atoms with Crippen LogP contribution in [0.15, 0.2) is 30.5 Å². The molecule has 0 unspecified atom stereocenters. The number of halogens is 1. The molecule has 0 atom stereocenters. The van der Waals surface area contributed by atoms with Gasteiger partial charge in [-0.25, -0.2) is 0 Å². The Balaban J connectivity index is 2.19. The number of benzene rings is 1. The molecular weight excluding hydrogens is 260 g/mol. The number of aromatic nitrogens is 2. The van der Waals surface area contributed by atoms with Crippen LogP contribution in [0.3, 0.4) is 0 Å². The fraction of sp³-hybridized carbons (Fsp3) is 0.400. The number of nitrogens with zero attached hydrogens (tertiary/aromatic N) is 2. The maximum Gasteiger partial charge on any atom is 0.0685 e. The Morgan fingerprint density at radius 1 is 1.26 bits per heavy atom. The van der Waals surface area contributed by atoms with Crippen LogP contribution < -0.4 is 0 Å². The molecule has 0 radical (unpaired) electrons. The minimum atomic E-state index is 0.0129. The van der Waals surface area contributed by atoms with Crippen molar-refractivity contribution in [3.8, 4) is 0 Å². The van der Waals surface area contributed by atoms with E-state index < -0.39 is 0 Å². The Morgan fingerprint density at radius 3 is 2.84 bits per heavy atom. The third kappa shape index (κ3) is 3.58. The minimum absolute atomic E-state index is 0.0129. The highest BCUT2D eigenvalue weighted by molar-refractivity contribution is 6.30. The van der Waals surface area contributed by atoms with E-state index in [0.29, 0.717) is 5.02 Å². The highest BCUT2D eigenvalue weighted by Crippen LogP contribution is 2.19. The van der Waals surface area contributed by atoms with Gasteiger partial charge >= 0.3 is 0 Å². The molecule has 1 heterocycles. The first kappa shape index (κ1) is 14.1. The molecule has 4 heteroatoms. The highest BCUT2D eigenvalue weighted by atomic mass is 35.5. The van der Waals surface area contributed by atoms with Crippen molar-refractivity contribution in [1.29, 1.82) is 0 Å². The topological polar surface area (TPSA) is 38.0 Å². The van der Waals surface area contributed by atoms with Crippen LogP contribution in [0.2, 0.25) is 5.02 Å². The summed E-state index contributed by atoms with van der Waals surface area (Å²) in [5.74, 6) is 0. The summed E-state index contributed by atoms with van der Waals surface area (Å²) in [5, 5.41) is 14.4. The molecule has 0 saturated carbocycles. The molecule has 0 aliphatic rings. The van der Waals surface area contributed by atoms with E-state index in [-0.39, 0.29) is 6.61 Å². The second-order valence-electron chi connectivity index (χ2n) is 4.65. The van der Waals surface area contributed by atoms with Crippen molar-refractivity contribution in [2.45, 2.75) is 39.3 Å². The molecule has 0 spiro atoms. The molecule has 0 saturated heterocycles. The van der Waals surface area contributed by atoms with Gasteiger partial charge in [0.05, 0.1) is 6.61 Å². The Kier molecular flexibility index (Phi) is 5.00. The zero-order valence-corrected chi connectivity index (χ0v) is 11.9. The van der Waals surface area contributed by atoms with Crippen molar-refractivity contribution in [3.63, 3.8) is 0 Å². The number of unbranched alkanes of at least 4 members (excludes halogenated alkanes) is 1. The number of aliphatic hydroxyl groups is 1. The van der Waals surface area contributed by atoms with Crippen LogP contribution in [-0.4, -0.2) is 14.9 Å². The molecule has 0 aliphatic heterocycles. The second kappa shape index (κ2) is 6.73. The monoisotopic (exact) mass is 278 g/mol. The molecule has 0 bridgehead atoms. The van der Waals surface area contributed by atoms with Crippen LogP contribution in [0, 0.1) is 0 Å². The predicted octanol–water partition coefficient (Wildman–Crippen LogP) is 3.42. The molecule has 1 aromatic carbocycles. The first-order valence-electron chi connectivity index (χ1n) is 6.63. The molecule has 1 aromatic heterocycles. The van der Waals surface area contributed by atoms with E-state index in [2.05, 4.69) is 12.0 Å². The van der Waals surface area contributed by atoms with Crippen molar-refractivity contribution in [2.75, 3.05) is 0 Å². The number of hydrogen-bond acceptors (Lipinski definition) is 2. The third-order valence-electron chi connectivity index (χ3n) is 3.24. The Hall–Kier alpha value is -1.32. The van der Waals surface area contributed by atoms with Gasteiger partial charge in [-0.1, -0.05) is 31.0 Å². The fourth-order valence-electron chi connectivity index (χ4n) is 2.13. The van der Waals surface area contributed by atoms with Crippen LogP contribution in [-0.2, 0) is 19.6 Å². The van der Waals surface area contributed by atoms with Gasteiger partial charge in [0.2, 0.25) is 0 Å². The molecule has 0 fully saturated rings. The smallest absolute Gasteiger partial charge is 0.0685 e. The van der Waals surface area contributed by atoms with Crippen molar-refractivity contribution in [1.82, 2.24) is 9.78 Å². The summed E-state index contributed by atoms with van der Waals surface area (Å²) in [6.07, 6.45) is 4.89. The molecule has 102 valence electrons. The molecule has 1 N–H and O–H groups in total. The van der Waals surface area contributed by atoms with Crippen molar-refractivity contribution >= 4 is 11.6 Å². The quantitative estimate of drug-likeness (QED) is 0.879. The van der Waals surface area contributed by atoms with Gasteiger partial charge in [0, 0.05) is 29.9 Å². The molecule has 2 aromatic rings. The lowest BCUT2D eigenvalue weighted by Crippen LogP contribution is -2.06. The van der Waals surface area contributed by atoms with Crippen molar-refractivity contribution < 1.29 is 5.11 Å². The average Bonchev–Trinajstić information content (AvgIpc) is 2.85. The van der Waals surface area contributed by atoms with Gasteiger partial charge in [0.1, 0.15) is 0 Å². The molecule has 19 heavy (non-hydrogen) atoms. The van der Waals surface area contributed by atoms with Crippen LogP contribution in [0.25, 0.3) is 0 Å². The van der Waals surface area contributed by atoms with Gasteiger partial charge < -0.3 is 5.11 Å². The van der Waals surface area contributed by atoms with E-state index in [9.17, 15) is 5.11 Å². The molecule has 3 nitrogen and oxygen atoms in total. The van der Waals surface area contributed by atoms with E-state index in [4.69, 9.17) is 11.6 Å². The lowest BCUT2D eigenvalue weighted by atomic mass is 10.0. The summed E-state index contributed by atoms with van der Waals surface area (Å²) in [7, 11) is 0. The van der Waals surface area contributed by atoms with Gasteiger partial charge in [-0.3, -0.25) is 4.68 Å². The zero-order chi connectivity index (χ0) is 13.7. The standard InChI is InChI=1S/C15H19ClN2O/c1-2-3-8-18-15(6-7-17-18)10-12-4-5-14(16)9-13(12)11-19/h4-7,9,19H,2-3,8,10-11H2,1H3. The Labute approximate surface area is 118 Å². The summed E-state index contributed by atoms with van der Waals surface area (Å²) < 4.78 is 2.04. The highest BCUT2D eigenvalue weighted by Gasteiger charge is 2.07. The lowest BCUT2D eigenvalue weighted by molar-refractivity contribution is 0.280. The lowest BCUT2D eigenvalue weighted by Gasteiger charge is -2.10. The second-order valence-corrected chi connectivity index (χ2v) is 5.08. The molecule has 0 amide bonds. The molecule has 0 aliphatic carbocycles. The van der Waals surface area contributed by atoms with Gasteiger partial charge in [-0.2, -0.15) is 5.10 Å². The average molecular weight is 279 g/mol. The predicted molar refractivity (Wildman–Crippen MR) is 77.3 cm³/mol. The van der Waals surface area contributed by atoms with Gasteiger partial charge in [-0.05, 0) is 35.7 Å². The van der Waals surface area contributed by atoms with E-state index >= 15 is 0 Å². The summed E-state index contributed by atoms with van der Waals surface area (Å²) in [4.78, 5) is 0. The normalized spacial score (nSPS) is 10.9. The first-order chi connectivity index (χ1) is 9.24. The maximum atomic E-state index is 9.40. The van der Waals surface area contributed by atoms with Crippen LogP contribution >= 0.6 is 11.6 Å². The van der Waals surface area contributed by atoms with Crippen LogP contribution in [0.5, 0.6) is 0 Å². The zero-order valence-electron chi connectivity index (χ0n) is 11.1. The fourth-order valence-corrected chi connectivity index (χ4v) is 2.32. The molecular formula is C15H19ClN2O. The Morgan fingerprint density at radius 2 is 2.11 bits per heavy atom. The number of aryl methyl sites for hydroxylation is 1. The van der Waals surface area contributed by atoms with Crippen molar-refractivity contribution in [2.24, 2.45) is 0 Å². The Bertz CT molecular complexity index is 537. The minimum Gasteiger partial charge on any atom is -0.392 e. The number of rotatable bonds is 6. The maximum absolute atomic E-state index is 9.40. The van der Waals surface area contributed by atoms with Gasteiger partial charge in [-0.15, -0.1) is 0 Å². The van der Waals surface area contributed by atoms with E-state index in [1.54, 1.807) is 0 Å². The summed E-state index contributed by atoms with van der Waals surface area (Å²) in [5.41, 5.74) is 3.16. The summed E-state index contributed by atoms with van der Waals surface area (Å²) in [6.45, 7) is 3.13.